The van der Waals surface area contributed by atoms with Gasteiger partial charge in [0, 0.05) is 16.9 Å². The van der Waals surface area contributed by atoms with E-state index in [4.69, 9.17) is 11.1 Å². The Morgan fingerprint density at radius 2 is 1.94 bits per heavy atom. The fourth-order valence-corrected chi connectivity index (χ4v) is 3.90. The van der Waals surface area contributed by atoms with Gasteiger partial charge in [0.05, 0.1) is 29.9 Å². The number of carbonyl (C=O) groups excluding carboxylic acids is 1. The van der Waals surface area contributed by atoms with Crippen molar-refractivity contribution >= 4 is 17.7 Å². The highest BCUT2D eigenvalue weighted by Gasteiger charge is 2.42. The minimum Gasteiger partial charge on any atom is -0.393 e. The molecule has 1 aliphatic heterocycles. The number of anilines is 1. The van der Waals surface area contributed by atoms with E-state index in [0.29, 0.717) is 0 Å². The summed E-state index contributed by atoms with van der Waals surface area (Å²) in [6.45, 7) is 0.777. The van der Waals surface area contributed by atoms with Crippen LogP contribution in [0.4, 0.5) is 19.3 Å². The number of aliphatic hydroxyl groups is 2. The molecule has 1 heterocycles. The molecule has 174 valence electrons. The van der Waals surface area contributed by atoms with Gasteiger partial charge >= 0.3 is 6.03 Å². The number of hydrogen-bond acceptors (Lipinski definition) is 6. The predicted octanol–water partition coefficient (Wildman–Crippen LogP) is 3.20. The average Bonchev–Trinajstić information content (AvgIpc) is 2.82. The number of nitrogens with zero attached hydrogens (tertiary/aromatic N) is 4. The monoisotopic (exact) mass is 466 g/mol. The van der Waals surface area contributed by atoms with Gasteiger partial charge in [-0.25, -0.2) is 13.6 Å². The van der Waals surface area contributed by atoms with Crippen LogP contribution in [-0.2, 0) is 0 Å². The molecule has 11 heteroatoms. The van der Waals surface area contributed by atoms with Gasteiger partial charge < -0.3 is 15.9 Å². The lowest BCUT2D eigenvalue weighted by Crippen LogP contribution is -2.54. The standard InChI is InChI=1S/C23H20F2N6O3/c1-12-18(10-27)20(16-6-5-13(9-26)7-17(16)19(33)11-32)31(23(29)34)22(28)30(12)15-4-2-3-14(8-15)21(24)25/h2-8,19-21,28,32-33H,11H2,1H3,(H2,29,34). The van der Waals surface area contributed by atoms with Gasteiger partial charge in [-0.2, -0.15) is 10.5 Å². The molecule has 5 N–H and O–H groups in total. The molecule has 0 saturated heterocycles. The Balaban J connectivity index is 2.30. The molecule has 0 saturated carbocycles. The number of halogens is 2. The number of allylic oxidation sites excluding steroid dienone is 1. The van der Waals surface area contributed by atoms with Crippen LogP contribution in [0.3, 0.4) is 0 Å². The van der Waals surface area contributed by atoms with Gasteiger partial charge in [-0.15, -0.1) is 0 Å². The minimum absolute atomic E-state index is 0.0478. The van der Waals surface area contributed by atoms with Crippen LogP contribution in [0.25, 0.3) is 0 Å². The van der Waals surface area contributed by atoms with E-state index in [1.807, 2.05) is 12.1 Å². The summed E-state index contributed by atoms with van der Waals surface area (Å²) in [5, 5.41) is 47.8. The number of urea groups is 1. The van der Waals surface area contributed by atoms with E-state index in [0.717, 1.165) is 15.9 Å². The molecule has 0 aliphatic carbocycles. The largest absolute Gasteiger partial charge is 0.393 e. The minimum atomic E-state index is -2.78. The first-order valence-corrected chi connectivity index (χ1v) is 9.95. The molecule has 0 spiro atoms. The molecule has 34 heavy (non-hydrogen) atoms. The zero-order valence-electron chi connectivity index (χ0n) is 17.9. The number of aliphatic hydroxyl groups excluding tert-OH is 2. The zero-order valence-corrected chi connectivity index (χ0v) is 17.9. The summed E-state index contributed by atoms with van der Waals surface area (Å²) in [4.78, 5) is 14.4. The van der Waals surface area contributed by atoms with Crippen molar-refractivity contribution in [2.45, 2.75) is 25.5 Å². The third kappa shape index (κ3) is 4.18. The Morgan fingerprint density at radius 1 is 1.24 bits per heavy atom. The first kappa shape index (κ1) is 24.3. The van der Waals surface area contributed by atoms with E-state index in [2.05, 4.69) is 0 Å². The maximum Gasteiger partial charge on any atom is 0.322 e. The molecular formula is C23H20F2N6O3. The summed E-state index contributed by atoms with van der Waals surface area (Å²) < 4.78 is 26.5. The van der Waals surface area contributed by atoms with Crippen molar-refractivity contribution < 1.29 is 23.8 Å². The van der Waals surface area contributed by atoms with E-state index >= 15 is 0 Å². The quantitative estimate of drug-likeness (QED) is 0.529. The summed E-state index contributed by atoms with van der Waals surface area (Å²) in [6.07, 6.45) is -4.23. The lowest BCUT2D eigenvalue weighted by molar-refractivity contribution is 0.0942. The summed E-state index contributed by atoms with van der Waals surface area (Å²) in [5.74, 6) is -0.505. The molecule has 0 bridgehead atoms. The molecule has 9 nitrogen and oxygen atoms in total. The fraction of sp³-hybridized carbons (Fsp3) is 0.217. The molecule has 2 unspecified atom stereocenters. The van der Waals surface area contributed by atoms with E-state index in [1.165, 1.54) is 43.3 Å². The van der Waals surface area contributed by atoms with Crippen molar-refractivity contribution in [1.29, 1.82) is 15.9 Å². The third-order valence-electron chi connectivity index (χ3n) is 5.48. The smallest absolute Gasteiger partial charge is 0.322 e. The molecular weight excluding hydrogens is 446 g/mol. The summed E-state index contributed by atoms with van der Waals surface area (Å²) >= 11 is 0. The second-order valence-corrected chi connectivity index (χ2v) is 7.43. The highest BCUT2D eigenvalue weighted by molar-refractivity contribution is 6.07. The van der Waals surface area contributed by atoms with Crippen molar-refractivity contribution in [3.63, 3.8) is 0 Å². The second-order valence-electron chi connectivity index (χ2n) is 7.43. The van der Waals surface area contributed by atoms with Gasteiger partial charge in [0.15, 0.2) is 0 Å². The highest BCUT2D eigenvalue weighted by atomic mass is 19.3. The Hall–Kier alpha value is -4.32. The zero-order chi connectivity index (χ0) is 25.2. The maximum atomic E-state index is 13.3. The van der Waals surface area contributed by atoms with Gasteiger partial charge in [0.25, 0.3) is 6.43 Å². The first-order valence-electron chi connectivity index (χ1n) is 9.95. The van der Waals surface area contributed by atoms with E-state index in [9.17, 15) is 34.3 Å². The summed E-state index contributed by atoms with van der Waals surface area (Å²) in [5.41, 5.74) is 5.91. The summed E-state index contributed by atoms with van der Waals surface area (Å²) in [7, 11) is 0. The molecule has 1 aliphatic rings. The number of nitrogens with one attached hydrogen (secondary N) is 1. The molecule has 2 aromatic rings. The van der Waals surface area contributed by atoms with Gasteiger partial charge in [0.1, 0.15) is 12.1 Å². The molecule has 2 atom stereocenters. The average molecular weight is 466 g/mol. The molecule has 0 aromatic heterocycles. The Labute approximate surface area is 193 Å². The number of carbonyl (C=O) groups is 1. The van der Waals surface area contributed by atoms with Crippen molar-refractivity contribution in [2.24, 2.45) is 5.73 Å². The van der Waals surface area contributed by atoms with Gasteiger partial charge in [-0.3, -0.25) is 15.2 Å². The van der Waals surface area contributed by atoms with Crippen LogP contribution < -0.4 is 10.6 Å². The van der Waals surface area contributed by atoms with E-state index in [-0.39, 0.29) is 39.2 Å². The van der Waals surface area contributed by atoms with Crippen LogP contribution in [0, 0.1) is 28.1 Å². The predicted molar refractivity (Wildman–Crippen MR) is 117 cm³/mol. The van der Waals surface area contributed by atoms with E-state index in [1.54, 1.807) is 0 Å². The first-order chi connectivity index (χ1) is 16.2. The highest BCUT2D eigenvalue weighted by Crippen LogP contribution is 2.41. The van der Waals surface area contributed by atoms with Crippen LogP contribution in [0.1, 0.15) is 47.7 Å². The fourth-order valence-electron chi connectivity index (χ4n) is 3.90. The molecule has 0 radical (unpaired) electrons. The number of benzene rings is 2. The van der Waals surface area contributed by atoms with Crippen LogP contribution in [0.15, 0.2) is 53.7 Å². The van der Waals surface area contributed by atoms with Crippen LogP contribution in [-0.4, -0.2) is 33.7 Å². The van der Waals surface area contributed by atoms with Gasteiger partial charge in [0.2, 0.25) is 5.96 Å². The number of amides is 2. The maximum absolute atomic E-state index is 13.3. The van der Waals surface area contributed by atoms with Crippen molar-refractivity contribution in [3.05, 3.63) is 76.0 Å². The van der Waals surface area contributed by atoms with Gasteiger partial charge in [-0.1, -0.05) is 18.2 Å². The van der Waals surface area contributed by atoms with Crippen molar-refractivity contribution in [1.82, 2.24) is 4.90 Å². The van der Waals surface area contributed by atoms with Crippen LogP contribution in [0.5, 0.6) is 0 Å². The lowest BCUT2D eigenvalue weighted by Gasteiger charge is -2.42. The van der Waals surface area contributed by atoms with Crippen molar-refractivity contribution in [2.75, 3.05) is 11.5 Å². The topological polar surface area (TPSA) is 161 Å². The normalized spacial score (nSPS) is 16.9. The number of nitriles is 2. The Bertz CT molecular complexity index is 1260. The number of alkyl halides is 2. The van der Waals surface area contributed by atoms with E-state index < -0.39 is 37.2 Å². The number of nitrogens with two attached hydrogens (primary N) is 1. The number of guanidine groups is 1. The third-order valence-corrected chi connectivity index (χ3v) is 5.48. The SMILES string of the molecule is CC1=C(C#N)C(c2ccc(C#N)cc2C(O)CO)N(C(N)=O)C(=N)N1c1cccc(C(F)F)c1. The molecule has 2 amide bonds. The van der Waals surface area contributed by atoms with Crippen LogP contribution >= 0.6 is 0 Å². The number of rotatable bonds is 5. The Kier molecular flexibility index (Phi) is 6.92. The number of hydrogen-bond donors (Lipinski definition) is 4. The van der Waals surface area contributed by atoms with Crippen LogP contribution in [0.2, 0.25) is 0 Å². The Morgan fingerprint density at radius 3 is 2.50 bits per heavy atom. The molecule has 3 rings (SSSR count). The summed E-state index contributed by atoms with van der Waals surface area (Å²) in [6, 6.07) is 10.8. The van der Waals surface area contributed by atoms with Gasteiger partial charge in [-0.05, 0) is 42.3 Å². The number of primary amides is 1. The second kappa shape index (κ2) is 9.67. The molecule has 2 aromatic carbocycles. The lowest BCUT2D eigenvalue weighted by atomic mass is 9.88. The van der Waals surface area contributed by atoms with Crippen molar-refractivity contribution in [3.8, 4) is 12.1 Å². The molecule has 0 fully saturated rings.